The van der Waals surface area contributed by atoms with Crippen LogP contribution in [0.3, 0.4) is 0 Å². The Labute approximate surface area is 101 Å². The Morgan fingerprint density at radius 1 is 1.28 bits per heavy atom. The third-order valence-electron chi connectivity index (χ3n) is 2.61. The van der Waals surface area contributed by atoms with E-state index in [-0.39, 0.29) is 6.54 Å². The summed E-state index contributed by atoms with van der Waals surface area (Å²) in [6.07, 6.45) is -4.26. The average Bonchev–Trinajstić information content (AvgIpc) is 2.55. The van der Waals surface area contributed by atoms with Crippen LogP contribution in [-0.2, 0) is 6.54 Å². The lowest BCUT2D eigenvalue weighted by molar-refractivity contribution is -0.125. The second-order valence-corrected chi connectivity index (χ2v) is 4.01. The first kappa shape index (κ1) is 12.9. The minimum Gasteiger partial charge on any atom is -0.459 e. The van der Waals surface area contributed by atoms with Crippen LogP contribution in [0.15, 0.2) is 22.6 Å². The number of furan rings is 1. The number of halogens is 4. The van der Waals surface area contributed by atoms with E-state index in [1.807, 2.05) is 0 Å². The second kappa shape index (κ2) is 4.61. The van der Waals surface area contributed by atoms with Crippen LogP contribution in [0, 0.1) is 12.7 Å². The van der Waals surface area contributed by atoms with Crippen molar-refractivity contribution in [1.29, 1.82) is 0 Å². The van der Waals surface area contributed by atoms with E-state index in [9.17, 15) is 17.6 Å². The van der Waals surface area contributed by atoms with E-state index in [0.717, 1.165) is 0 Å². The van der Waals surface area contributed by atoms with Crippen molar-refractivity contribution in [3.63, 3.8) is 0 Å². The summed E-state index contributed by atoms with van der Waals surface area (Å²) in [6, 6.07) is 4.02. The molecule has 1 heterocycles. The van der Waals surface area contributed by atoms with Crippen LogP contribution in [0.25, 0.3) is 11.0 Å². The molecule has 0 fully saturated rings. The van der Waals surface area contributed by atoms with Gasteiger partial charge in [0.2, 0.25) is 0 Å². The zero-order valence-electron chi connectivity index (χ0n) is 9.57. The fraction of sp³-hybridized carbons (Fsp3) is 0.333. The van der Waals surface area contributed by atoms with Crippen molar-refractivity contribution in [3.05, 3.63) is 35.3 Å². The van der Waals surface area contributed by atoms with Crippen LogP contribution in [0.1, 0.15) is 11.3 Å². The van der Waals surface area contributed by atoms with Gasteiger partial charge < -0.3 is 9.73 Å². The van der Waals surface area contributed by atoms with Crippen molar-refractivity contribution in [1.82, 2.24) is 5.32 Å². The van der Waals surface area contributed by atoms with E-state index in [2.05, 4.69) is 5.32 Å². The molecule has 0 saturated carbocycles. The van der Waals surface area contributed by atoms with Gasteiger partial charge in [-0.1, -0.05) is 0 Å². The van der Waals surface area contributed by atoms with Gasteiger partial charge in [-0.3, -0.25) is 0 Å². The van der Waals surface area contributed by atoms with Crippen LogP contribution in [0.4, 0.5) is 17.6 Å². The summed E-state index contributed by atoms with van der Waals surface area (Å²) in [7, 11) is 0. The highest BCUT2D eigenvalue weighted by molar-refractivity contribution is 5.82. The molecule has 2 nitrogen and oxygen atoms in total. The van der Waals surface area contributed by atoms with Gasteiger partial charge in [0.05, 0.1) is 13.1 Å². The number of rotatable bonds is 3. The predicted octanol–water partition coefficient (Wildman–Crippen LogP) is 3.53. The largest absolute Gasteiger partial charge is 0.459 e. The van der Waals surface area contributed by atoms with Crippen molar-refractivity contribution >= 4 is 11.0 Å². The summed E-state index contributed by atoms with van der Waals surface area (Å²) in [4.78, 5) is 0. The summed E-state index contributed by atoms with van der Waals surface area (Å²) < 4.78 is 54.3. The van der Waals surface area contributed by atoms with Crippen LogP contribution < -0.4 is 5.32 Å². The Morgan fingerprint density at radius 2 is 2.00 bits per heavy atom. The lowest BCUT2D eigenvalue weighted by Gasteiger charge is -2.06. The van der Waals surface area contributed by atoms with E-state index >= 15 is 0 Å². The van der Waals surface area contributed by atoms with Gasteiger partial charge >= 0.3 is 6.18 Å². The van der Waals surface area contributed by atoms with Crippen LogP contribution >= 0.6 is 0 Å². The molecule has 0 aliphatic rings. The minimum absolute atomic E-state index is 0.0400. The molecule has 0 radical (unpaired) electrons. The summed E-state index contributed by atoms with van der Waals surface area (Å²) in [5, 5.41) is 2.83. The molecule has 98 valence electrons. The van der Waals surface area contributed by atoms with Gasteiger partial charge in [-0.05, 0) is 30.7 Å². The lowest BCUT2D eigenvalue weighted by atomic mass is 10.1. The van der Waals surface area contributed by atoms with E-state index in [1.165, 1.54) is 18.2 Å². The van der Waals surface area contributed by atoms with Gasteiger partial charge in [-0.25, -0.2) is 4.39 Å². The minimum atomic E-state index is -4.26. The van der Waals surface area contributed by atoms with Gasteiger partial charge in [-0.15, -0.1) is 0 Å². The molecule has 6 heteroatoms. The number of hydrogen-bond donors (Lipinski definition) is 1. The molecular weight excluding hydrogens is 250 g/mol. The highest BCUT2D eigenvalue weighted by Gasteiger charge is 2.26. The molecule has 1 aromatic heterocycles. The first-order chi connectivity index (χ1) is 8.37. The Balaban J connectivity index is 2.17. The molecule has 0 aliphatic heterocycles. The molecule has 1 N–H and O–H groups in total. The van der Waals surface area contributed by atoms with Crippen molar-refractivity contribution in [2.45, 2.75) is 19.6 Å². The molecular formula is C12H11F4NO. The number of alkyl halides is 3. The van der Waals surface area contributed by atoms with Gasteiger partial charge in [0.15, 0.2) is 0 Å². The quantitative estimate of drug-likeness (QED) is 0.855. The van der Waals surface area contributed by atoms with Gasteiger partial charge in [-0.2, -0.15) is 13.2 Å². The zero-order valence-corrected chi connectivity index (χ0v) is 9.57. The molecule has 0 saturated heterocycles. The Kier molecular flexibility index (Phi) is 3.30. The molecule has 1 aromatic carbocycles. The molecule has 0 aliphatic carbocycles. The van der Waals surface area contributed by atoms with E-state index < -0.39 is 18.5 Å². The maximum absolute atomic E-state index is 13.0. The molecule has 2 rings (SSSR count). The lowest BCUT2D eigenvalue weighted by Crippen LogP contribution is -2.28. The third kappa shape index (κ3) is 2.81. The second-order valence-electron chi connectivity index (χ2n) is 4.01. The first-order valence-corrected chi connectivity index (χ1v) is 5.32. The fourth-order valence-corrected chi connectivity index (χ4v) is 1.73. The average molecular weight is 261 g/mol. The van der Waals surface area contributed by atoms with Crippen molar-refractivity contribution in [2.24, 2.45) is 0 Å². The Morgan fingerprint density at radius 3 is 2.67 bits per heavy atom. The standard InChI is InChI=1S/C12H11F4NO/c1-7-9-4-8(13)2-3-10(9)18-11(7)5-17-6-12(14,15)16/h2-4,17H,5-6H2,1H3. The van der Waals surface area contributed by atoms with Gasteiger partial charge in [0, 0.05) is 5.39 Å². The van der Waals surface area contributed by atoms with E-state index in [0.29, 0.717) is 22.3 Å². The number of nitrogens with one attached hydrogen (secondary N) is 1. The monoisotopic (exact) mass is 261 g/mol. The molecule has 0 unspecified atom stereocenters. The number of aryl methyl sites for hydroxylation is 1. The number of fused-ring (bicyclic) bond motifs is 1. The molecule has 0 spiro atoms. The van der Waals surface area contributed by atoms with Gasteiger partial charge in [0.25, 0.3) is 0 Å². The molecule has 2 aromatic rings. The Bertz CT molecular complexity index is 559. The Hall–Kier alpha value is -1.56. The smallest absolute Gasteiger partial charge is 0.401 e. The van der Waals surface area contributed by atoms with Crippen LogP contribution in [0.5, 0.6) is 0 Å². The third-order valence-corrected chi connectivity index (χ3v) is 2.61. The SMILES string of the molecule is Cc1c(CNCC(F)(F)F)oc2ccc(F)cc12. The molecule has 0 atom stereocenters. The predicted molar refractivity (Wildman–Crippen MR) is 58.7 cm³/mol. The highest BCUT2D eigenvalue weighted by Crippen LogP contribution is 2.26. The summed E-state index contributed by atoms with van der Waals surface area (Å²) in [5.41, 5.74) is 1.12. The summed E-state index contributed by atoms with van der Waals surface area (Å²) in [5.74, 6) is -0.0129. The molecule has 0 bridgehead atoms. The van der Waals surface area contributed by atoms with Crippen LogP contribution in [-0.4, -0.2) is 12.7 Å². The zero-order chi connectivity index (χ0) is 13.3. The summed E-state index contributed by atoms with van der Waals surface area (Å²) >= 11 is 0. The number of hydrogen-bond acceptors (Lipinski definition) is 2. The van der Waals surface area contributed by atoms with E-state index in [1.54, 1.807) is 6.92 Å². The molecule has 18 heavy (non-hydrogen) atoms. The van der Waals surface area contributed by atoms with Crippen molar-refractivity contribution < 1.29 is 22.0 Å². The fourth-order valence-electron chi connectivity index (χ4n) is 1.73. The number of benzene rings is 1. The first-order valence-electron chi connectivity index (χ1n) is 5.32. The summed E-state index contributed by atoms with van der Waals surface area (Å²) in [6.45, 7) is 0.565. The van der Waals surface area contributed by atoms with Crippen LogP contribution in [0.2, 0.25) is 0 Å². The highest BCUT2D eigenvalue weighted by atomic mass is 19.4. The van der Waals surface area contributed by atoms with E-state index in [4.69, 9.17) is 4.42 Å². The van der Waals surface area contributed by atoms with Crippen molar-refractivity contribution in [3.8, 4) is 0 Å². The maximum atomic E-state index is 13.0. The van der Waals surface area contributed by atoms with Crippen molar-refractivity contribution in [2.75, 3.05) is 6.54 Å². The topological polar surface area (TPSA) is 25.2 Å². The molecule has 0 amide bonds. The maximum Gasteiger partial charge on any atom is 0.401 e. The van der Waals surface area contributed by atoms with Gasteiger partial charge in [0.1, 0.15) is 17.2 Å². The normalized spacial score (nSPS) is 12.3.